The van der Waals surface area contributed by atoms with Crippen LogP contribution in [0.5, 0.6) is 0 Å². The van der Waals surface area contributed by atoms with Gasteiger partial charge in [-0.1, -0.05) is 36.4 Å². The fourth-order valence-electron chi connectivity index (χ4n) is 2.56. The molecule has 16 heavy (non-hydrogen) atoms. The monoisotopic (exact) mass is 215 g/mol. The van der Waals surface area contributed by atoms with Crippen LogP contribution in [0, 0.1) is 0 Å². The Morgan fingerprint density at radius 2 is 1.94 bits per heavy atom. The van der Waals surface area contributed by atoms with E-state index in [0.29, 0.717) is 12.1 Å². The van der Waals surface area contributed by atoms with Crippen molar-refractivity contribution >= 4 is 0 Å². The quantitative estimate of drug-likeness (QED) is 0.766. The summed E-state index contributed by atoms with van der Waals surface area (Å²) >= 11 is 0. The highest BCUT2D eigenvalue weighted by atomic mass is 16.5. The molecule has 1 aromatic rings. The summed E-state index contributed by atoms with van der Waals surface area (Å²) in [6.45, 7) is 1.56. The van der Waals surface area contributed by atoms with Crippen LogP contribution in [0.15, 0.2) is 36.4 Å². The van der Waals surface area contributed by atoms with Crippen molar-refractivity contribution in [1.82, 2.24) is 5.32 Å². The normalized spacial score (nSPS) is 24.6. The summed E-state index contributed by atoms with van der Waals surface area (Å²) in [6.07, 6.45) is 6.82. The molecule has 0 fully saturated rings. The van der Waals surface area contributed by atoms with Gasteiger partial charge in [0, 0.05) is 6.04 Å². The van der Waals surface area contributed by atoms with Crippen LogP contribution in [0.4, 0.5) is 0 Å². The zero-order valence-corrected chi connectivity index (χ0v) is 9.36. The molecule has 1 heterocycles. The Morgan fingerprint density at radius 1 is 1.12 bits per heavy atom. The SMILES string of the molecule is C1=CCC(NC2COCc3ccccc32)C1. The van der Waals surface area contributed by atoms with Crippen molar-refractivity contribution in [3.63, 3.8) is 0 Å². The van der Waals surface area contributed by atoms with Crippen LogP contribution in [-0.4, -0.2) is 12.6 Å². The van der Waals surface area contributed by atoms with E-state index in [1.807, 2.05) is 0 Å². The van der Waals surface area contributed by atoms with Crippen molar-refractivity contribution in [2.24, 2.45) is 0 Å². The summed E-state index contributed by atoms with van der Waals surface area (Å²) in [7, 11) is 0. The van der Waals surface area contributed by atoms with Crippen molar-refractivity contribution in [1.29, 1.82) is 0 Å². The van der Waals surface area contributed by atoms with Gasteiger partial charge in [-0.3, -0.25) is 0 Å². The van der Waals surface area contributed by atoms with E-state index >= 15 is 0 Å². The third-order valence-electron chi connectivity index (χ3n) is 3.42. The van der Waals surface area contributed by atoms with Crippen molar-refractivity contribution in [2.45, 2.75) is 31.5 Å². The highest BCUT2D eigenvalue weighted by molar-refractivity contribution is 5.31. The van der Waals surface area contributed by atoms with Gasteiger partial charge < -0.3 is 10.1 Å². The molecule has 0 saturated heterocycles. The molecule has 0 aromatic heterocycles. The van der Waals surface area contributed by atoms with Crippen LogP contribution in [-0.2, 0) is 11.3 Å². The molecular weight excluding hydrogens is 198 g/mol. The second-order valence-electron chi connectivity index (χ2n) is 4.57. The largest absolute Gasteiger partial charge is 0.375 e. The minimum atomic E-state index is 0.370. The predicted octanol–water partition coefficient (Wildman–Crippen LogP) is 2.57. The van der Waals surface area contributed by atoms with Crippen LogP contribution in [0.25, 0.3) is 0 Å². The molecule has 0 bridgehead atoms. The van der Waals surface area contributed by atoms with Gasteiger partial charge in [-0.05, 0) is 24.0 Å². The maximum Gasteiger partial charge on any atom is 0.0721 e. The van der Waals surface area contributed by atoms with Gasteiger partial charge in [0.25, 0.3) is 0 Å². The first-order chi connectivity index (χ1) is 7.93. The summed E-state index contributed by atoms with van der Waals surface area (Å²) < 4.78 is 5.64. The molecule has 1 unspecified atom stereocenters. The Bertz CT molecular complexity index is 391. The minimum absolute atomic E-state index is 0.370. The van der Waals surface area contributed by atoms with E-state index in [-0.39, 0.29) is 0 Å². The molecule has 3 rings (SSSR count). The summed E-state index contributed by atoms with van der Waals surface area (Å²) in [6, 6.07) is 9.55. The molecule has 2 aliphatic rings. The van der Waals surface area contributed by atoms with Crippen LogP contribution in [0.3, 0.4) is 0 Å². The fourth-order valence-corrected chi connectivity index (χ4v) is 2.56. The Balaban J connectivity index is 1.76. The first kappa shape index (κ1) is 10.1. The molecule has 1 atom stereocenters. The van der Waals surface area contributed by atoms with Gasteiger partial charge in [-0.25, -0.2) is 0 Å². The number of benzene rings is 1. The lowest BCUT2D eigenvalue weighted by atomic mass is 9.98. The summed E-state index contributed by atoms with van der Waals surface area (Å²) in [5.41, 5.74) is 2.75. The molecule has 0 amide bonds. The zero-order chi connectivity index (χ0) is 10.8. The number of fused-ring (bicyclic) bond motifs is 1. The Hall–Kier alpha value is -1.12. The molecule has 2 nitrogen and oxygen atoms in total. The lowest BCUT2D eigenvalue weighted by Gasteiger charge is -2.29. The third kappa shape index (κ3) is 1.91. The van der Waals surface area contributed by atoms with Crippen LogP contribution < -0.4 is 5.32 Å². The minimum Gasteiger partial charge on any atom is -0.375 e. The second kappa shape index (κ2) is 4.40. The fraction of sp³-hybridized carbons (Fsp3) is 0.429. The van der Waals surface area contributed by atoms with E-state index in [1.54, 1.807) is 0 Å². The molecule has 0 radical (unpaired) electrons. The smallest absolute Gasteiger partial charge is 0.0721 e. The number of nitrogens with one attached hydrogen (secondary N) is 1. The first-order valence-corrected chi connectivity index (χ1v) is 6.00. The van der Waals surface area contributed by atoms with Gasteiger partial charge in [0.1, 0.15) is 0 Å². The molecular formula is C14H17NO. The average Bonchev–Trinajstić information content (AvgIpc) is 2.82. The average molecular weight is 215 g/mol. The van der Waals surface area contributed by atoms with Crippen LogP contribution >= 0.6 is 0 Å². The first-order valence-electron chi connectivity index (χ1n) is 6.00. The Labute approximate surface area is 96.3 Å². The third-order valence-corrected chi connectivity index (χ3v) is 3.42. The van der Waals surface area contributed by atoms with Crippen LogP contribution in [0.1, 0.15) is 30.0 Å². The number of rotatable bonds is 2. The molecule has 1 aliphatic carbocycles. The molecule has 1 N–H and O–H groups in total. The predicted molar refractivity (Wildman–Crippen MR) is 64.1 cm³/mol. The number of hydrogen-bond acceptors (Lipinski definition) is 2. The van der Waals surface area contributed by atoms with Gasteiger partial charge in [0.2, 0.25) is 0 Å². The highest BCUT2D eigenvalue weighted by Crippen LogP contribution is 2.26. The highest BCUT2D eigenvalue weighted by Gasteiger charge is 2.23. The Kier molecular flexibility index (Phi) is 2.77. The molecule has 0 saturated carbocycles. The van der Waals surface area contributed by atoms with E-state index in [0.717, 1.165) is 26.1 Å². The van der Waals surface area contributed by atoms with Gasteiger partial charge in [0.05, 0.1) is 19.3 Å². The van der Waals surface area contributed by atoms with Gasteiger partial charge >= 0.3 is 0 Å². The lowest BCUT2D eigenvalue weighted by Crippen LogP contribution is -2.36. The van der Waals surface area contributed by atoms with Crippen molar-refractivity contribution in [2.75, 3.05) is 6.61 Å². The van der Waals surface area contributed by atoms with E-state index in [4.69, 9.17) is 4.74 Å². The van der Waals surface area contributed by atoms with Crippen molar-refractivity contribution in [3.8, 4) is 0 Å². The van der Waals surface area contributed by atoms with E-state index in [9.17, 15) is 0 Å². The van der Waals surface area contributed by atoms with Gasteiger partial charge in [-0.2, -0.15) is 0 Å². The summed E-state index contributed by atoms with van der Waals surface area (Å²) in [5.74, 6) is 0. The number of hydrogen-bond donors (Lipinski definition) is 1. The van der Waals surface area contributed by atoms with Crippen LogP contribution in [0.2, 0.25) is 0 Å². The topological polar surface area (TPSA) is 21.3 Å². The Morgan fingerprint density at radius 3 is 2.81 bits per heavy atom. The maximum atomic E-state index is 5.64. The molecule has 0 spiro atoms. The van der Waals surface area contributed by atoms with Crippen molar-refractivity contribution in [3.05, 3.63) is 47.5 Å². The number of ether oxygens (including phenoxy) is 1. The zero-order valence-electron chi connectivity index (χ0n) is 9.36. The molecule has 84 valence electrons. The summed E-state index contributed by atoms with van der Waals surface area (Å²) in [4.78, 5) is 0. The van der Waals surface area contributed by atoms with E-state index in [2.05, 4.69) is 41.7 Å². The van der Waals surface area contributed by atoms with Gasteiger partial charge in [-0.15, -0.1) is 0 Å². The molecule has 1 aromatic carbocycles. The maximum absolute atomic E-state index is 5.64. The second-order valence-corrected chi connectivity index (χ2v) is 4.57. The summed E-state index contributed by atoms with van der Waals surface area (Å²) in [5, 5.41) is 3.69. The molecule has 1 aliphatic heterocycles. The van der Waals surface area contributed by atoms with Crippen molar-refractivity contribution < 1.29 is 4.74 Å². The van der Waals surface area contributed by atoms with Gasteiger partial charge in [0.15, 0.2) is 0 Å². The van der Waals surface area contributed by atoms with E-state index < -0.39 is 0 Å². The lowest BCUT2D eigenvalue weighted by molar-refractivity contribution is 0.0789. The van der Waals surface area contributed by atoms with E-state index in [1.165, 1.54) is 11.1 Å². The standard InChI is InChI=1S/C14H17NO/c1-4-8-13-11(5-1)9-16-10-14(13)15-12-6-2-3-7-12/h1-5,8,12,14-15H,6-7,9-10H2. The molecule has 2 heteroatoms.